The maximum absolute atomic E-state index is 13.6. The molecule has 0 atom stereocenters. The maximum Gasteiger partial charge on any atom is 0.265 e. The van der Waals surface area contributed by atoms with Crippen molar-refractivity contribution in [3.05, 3.63) is 52.5 Å². The molecule has 0 aliphatic carbocycles. The third-order valence-corrected chi connectivity index (χ3v) is 4.47. The van der Waals surface area contributed by atoms with Crippen LogP contribution in [0.4, 0.5) is 20.2 Å². The van der Waals surface area contributed by atoms with Crippen LogP contribution >= 0.6 is 15.9 Å². The summed E-state index contributed by atoms with van der Waals surface area (Å²) in [5.74, 6) is -1.76. The van der Waals surface area contributed by atoms with Crippen molar-refractivity contribution in [2.75, 3.05) is 10.5 Å². The standard InChI is InChI=1S/C12H9BrF2N2O2S/c13-8-2-1-3-10(15)12(8)17-20(18,19)11-6-7(16)4-5-9(11)14/h1-6,17H,16H2. The minimum atomic E-state index is -4.29. The molecule has 0 heterocycles. The summed E-state index contributed by atoms with van der Waals surface area (Å²) in [6.07, 6.45) is 0. The second-order valence-electron chi connectivity index (χ2n) is 3.89. The van der Waals surface area contributed by atoms with E-state index in [-0.39, 0.29) is 15.8 Å². The Morgan fingerprint density at radius 2 is 1.80 bits per heavy atom. The molecule has 0 amide bonds. The molecule has 2 aromatic rings. The number of anilines is 2. The number of halogens is 3. The van der Waals surface area contributed by atoms with E-state index in [0.717, 1.165) is 18.2 Å². The molecule has 0 radical (unpaired) electrons. The molecule has 2 rings (SSSR count). The molecule has 0 unspecified atom stereocenters. The summed E-state index contributed by atoms with van der Waals surface area (Å²) in [5.41, 5.74) is 5.22. The van der Waals surface area contributed by atoms with Gasteiger partial charge >= 0.3 is 0 Å². The Morgan fingerprint density at radius 1 is 1.10 bits per heavy atom. The Hall–Kier alpha value is -1.67. The molecule has 0 aliphatic rings. The number of para-hydroxylation sites is 1. The van der Waals surface area contributed by atoms with Gasteiger partial charge in [-0.15, -0.1) is 0 Å². The molecule has 0 saturated carbocycles. The van der Waals surface area contributed by atoms with Gasteiger partial charge in [-0.1, -0.05) is 6.07 Å². The largest absolute Gasteiger partial charge is 0.399 e. The number of hydrogen-bond acceptors (Lipinski definition) is 3. The highest BCUT2D eigenvalue weighted by Crippen LogP contribution is 2.28. The van der Waals surface area contributed by atoms with Crippen LogP contribution < -0.4 is 10.5 Å². The Labute approximate surface area is 122 Å². The van der Waals surface area contributed by atoms with Crippen molar-refractivity contribution in [3.63, 3.8) is 0 Å². The minimum absolute atomic E-state index is 0.0828. The van der Waals surface area contributed by atoms with Crippen molar-refractivity contribution in [1.29, 1.82) is 0 Å². The normalized spacial score (nSPS) is 11.3. The predicted molar refractivity (Wildman–Crippen MR) is 75.7 cm³/mol. The van der Waals surface area contributed by atoms with Gasteiger partial charge in [0.05, 0.1) is 5.69 Å². The fourth-order valence-corrected chi connectivity index (χ4v) is 3.29. The monoisotopic (exact) mass is 362 g/mol. The molecule has 106 valence electrons. The molecule has 2 aromatic carbocycles. The SMILES string of the molecule is Nc1ccc(F)c(S(=O)(=O)Nc2c(F)cccc2Br)c1. The number of rotatable bonds is 3. The maximum atomic E-state index is 13.6. The van der Waals surface area contributed by atoms with Crippen LogP contribution in [0.25, 0.3) is 0 Å². The average molecular weight is 363 g/mol. The van der Waals surface area contributed by atoms with Crippen molar-refractivity contribution in [3.8, 4) is 0 Å². The minimum Gasteiger partial charge on any atom is -0.399 e. The van der Waals surface area contributed by atoms with Crippen molar-refractivity contribution < 1.29 is 17.2 Å². The van der Waals surface area contributed by atoms with Gasteiger partial charge in [0, 0.05) is 10.2 Å². The molecule has 20 heavy (non-hydrogen) atoms. The quantitative estimate of drug-likeness (QED) is 0.824. The van der Waals surface area contributed by atoms with Gasteiger partial charge in [-0.05, 0) is 46.3 Å². The summed E-state index contributed by atoms with van der Waals surface area (Å²) in [6, 6.07) is 7.06. The van der Waals surface area contributed by atoms with E-state index in [9.17, 15) is 17.2 Å². The van der Waals surface area contributed by atoms with Gasteiger partial charge in [0.1, 0.15) is 16.5 Å². The first kappa shape index (κ1) is 14.7. The van der Waals surface area contributed by atoms with Gasteiger partial charge in [-0.3, -0.25) is 4.72 Å². The van der Waals surface area contributed by atoms with Crippen LogP contribution in [0.5, 0.6) is 0 Å². The van der Waals surface area contributed by atoms with Crippen molar-refractivity contribution >= 4 is 37.3 Å². The number of nitrogen functional groups attached to an aromatic ring is 1. The van der Waals surface area contributed by atoms with E-state index in [1.807, 2.05) is 4.72 Å². The summed E-state index contributed by atoms with van der Waals surface area (Å²) in [7, 11) is -4.29. The van der Waals surface area contributed by atoms with E-state index in [0.29, 0.717) is 0 Å². The van der Waals surface area contributed by atoms with Crippen LogP contribution in [0.1, 0.15) is 0 Å². The van der Waals surface area contributed by atoms with Crippen LogP contribution in [0.3, 0.4) is 0 Å². The van der Waals surface area contributed by atoms with Gasteiger partial charge in [0.2, 0.25) is 0 Å². The zero-order chi connectivity index (χ0) is 14.9. The van der Waals surface area contributed by atoms with Gasteiger partial charge in [-0.25, -0.2) is 17.2 Å². The number of sulfonamides is 1. The van der Waals surface area contributed by atoms with Crippen LogP contribution in [-0.4, -0.2) is 8.42 Å². The van der Waals surface area contributed by atoms with Crippen LogP contribution in [0.2, 0.25) is 0 Å². The number of nitrogens with one attached hydrogen (secondary N) is 1. The topological polar surface area (TPSA) is 72.2 Å². The first-order valence-electron chi connectivity index (χ1n) is 5.33. The van der Waals surface area contributed by atoms with Crippen LogP contribution in [-0.2, 0) is 10.0 Å². The lowest BCUT2D eigenvalue weighted by Gasteiger charge is -2.11. The number of hydrogen-bond donors (Lipinski definition) is 2. The third-order valence-electron chi connectivity index (χ3n) is 2.44. The van der Waals surface area contributed by atoms with Gasteiger partial charge < -0.3 is 5.73 Å². The first-order valence-corrected chi connectivity index (χ1v) is 7.61. The molecular formula is C12H9BrF2N2O2S. The zero-order valence-electron chi connectivity index (χ0n) is 9.90. The van der Waals surface area contributed by atoms with Crippen molar-refractivity contribution in [1.82, 2.24) is 0 Å². The molecule has 0 fully saturated rings. The lowest BCUT2D eigenvalue weighted by atomic mass is 10.3. The van der Waals surface area contributed by atoms with Crippen LogP contribution in [0, 0.1) is 11.6 Å². The smallest absolute Gasteiger partial charge is 0.265 e. The lowest BCUT2D eigenvalue weighted by molar-refractivity contribution is 0.569. The van der Waals surface area contributed by atoms with E-state index in [4.69, 9.17) is 5.73 Å². The lowest BCUT2D eigenvalue weighted by Crippen LogP contribution is -2.16. The Bertz CT molecular complexity index is 746. The molecule has 4 nitrogen and oxygen atoms in total. The fraction of sp³-hybridized carbons (Fsp3) is 0. The van der Waals surface area contributed by atoms with E-state index < -0.39 is 26.6 Å². The summed E-state index contributed by atoms with van der Waals surface area (Å²) < 4.78 is 53.6. The zero-order valence-corrected chi connectivity index (χ0v) is 12.3. The summed E-state index contributed by atoms with van der Waals surface area (Å²) in [4.78, 5) is -0.646. The summed E-state index contributed by atoms with van der Waals surface area (Å²) >= 11 is 3.02. The molecule has 0 bridgehead atoms. The Kier molecular flexibility index (Phi) is 3.96. The second-order valence-corrected chi connectivity index (χ2v) is 6.40. The molecule has 0 spiro atoms. The Morgan fingerprint density at radius 3 is 2.45 bits per heavy atom. The van der Waals surface area contributed by atoms with Gasteiger partial charge in [0.15, 0.2) is 0 Å². The second kappa shape index (κ2) is 5.37. The van der Waals surface area contributed by atoms with Gasteiger partial charge in [-0.2, -0.15) is 0 Å². The first-order chi connectivity index (χ1) is 9.31. The van der Waals surface area contributed by atoms with E-state index in [1.54, 1.807) is 0 Å². The van der Waals surface area contributed by atoms with Crippen molar-refractivity contribution in [2.24, 2.45) is 0 Å². The Balaban J connectivity index is 2.49. The summed E-state index contributed by atoms with van der Waals surface area (Å²) in [6.45, 7) is 0. The highest BCUT2D eigenvalue weighted by atomic mass is 79.9. The molecule has 3 N–H and O–H groups in total. The van der Waals surface area contributed by atoms with Gasteiger partial charge in [0.25, 0.3) is 10.0 Å². The number of benzene rings is 2. The number of nitrogens with two attached hydrogens (primary N) is 1. The third kappa shape index (κ3) is 2.91. The van der Waals surface area contributed by atoms with E-state index in [2.05, 4.69) is 15.9 Å². The van der Waals surface area contributed by atoms with Crippen molar-refractivity contribution in [2.45, 2.75) is 4.90 Å². The van der Waals surface area contributed by atoms with E-state index in [1.165, 1.54) is 18.2 Å². The fourth-order valence-electron chi connectivity index (χ4n) is 1.51. The summed E-state index contributed by atoms with van der Waals surface area (Å²) in [5, 5.41) is 0. The molecular weight excluding hydrogens is 354 g/mol. The molecule has 0 aliphatic heterocycles. The van der Waals surface area contributed by atoms with E-state index >= 15 is 0 Å². The highest BCUT2D eigenvalue weighted by molar-refractivity contribution is 9.10. The molecule has 0 aromatic heterocycles. The highest BCUT2D eigenvalue weighted by Gasteiger charge is 2.22. The molecule has 0 saturated heterocycles. The predicted octanol–water partition coefficient (Wildman–Crippen LogP) is 3.11. The van der Waals surface area contributed by atoms with Crippen LogP contribution in [0.15, 0.2) is 45.8 Å². The average Bonchev–Trinajstić information content (AvgIpc) is 2.37. The molecule has 8 heteroatoms.